The molecule has 1 aliphatic rings. The van der Waals surface area contributed by atoms with E-state index in [9.17, 15) is 0 Å². The summed E-state index contributed by atoms with van der Waals surface area (Å²) in [7, 11) is 2.28. The van der Waals surface area contributed by atoms with Crippen LogP contribution in [0.1, 0.15) is 60.3 Å². The standard InChI is InChI=1S/C16H34N2/c1-15(2,3)13-7-9-14(10-8-13)18(6)12-16(4,5)11-17/h13-14H,7-12,17H2,1-6H3. The van der Waals surface area contributed by atoms with Gasteiger partial charge in [0.15, 0.2) is 0 Å². The molecule has 1 fully saturated rings. The van der Waals surface area contributed by atoms with Crippen molar-refractivity contribution >= 4 is 0 Å². The summed E-state index contributed by atoms with van der Waals surface area (Å²) in [4.78, 5) is 2.55. The summed E-state index contributed by atoms with van der Waals surface area (Å²) < 4.78 is 0. The Kier molecular flexibility index (Phi) is 5.25. The molecule has 0 unspecified atom stereocenters. The van der Waals surface area contributed by atoms with E-state index in [4.69, 9.17) is 5.73 Å². The molecule has 108 valence electrons. The minimum Gasteiger partial charge on any atom is -0.330 e. The summed E-state index contributed by atoms with van der Waals surface area (Å²) in [5.74, 6) is 0.907. The van der Waals surface area contributed by atoms with Gasteiger partial charge in [-0.2, -0.15) is 0 Å². The Morgan fingerprint density at radius 2 is 1.50 bits per heavy atom. The first-order chi connectivity index (χ1) is 8.15. The molecule has 1 aliphatic carbocycles. The molecule has 2 heteroatoms. The van der Waals surface area contributed by atoms with Crippen LogP contribution in [0.4, 0.5) is 0 Å². The van der Waals surface area contributed by atoms with Crippen molar-refractivity contribution in [3.63, 3.8) is 0 Å². The fourth-order valence-electron chi connectivity index (χ4n) is 3.25. The maximum atomic E-state index is 5.84. The average Bonchev–Trinajstić information content (AvgIpc) is 2.27. The van der Waals surface area contributed by atoms with Gasteiger partial charge in [-0.05, 0) is 56.0 Å². The van der Waals surface area contributed by atoms with Crippen molar-refractivity contribution in [3.05, 3.63) is 0 Å². The van der Waals surface area contributed by atoms with Gasteiger partial charge >= 0.3 is 0 Å². The summed E-state index contributed by atoms with van der Waals surface area (Å²) in [6, 6.07) is 0.773. The molecule has 1 saturated carbocycles. The van der Waals surface area contributed by atoms with E-state index in [0.29, 0.717) is 5.41 Å². The first-order valence-corrected chi connectivity index (χ1v) is 7.56. The lowest BCUT2D eigenvalue weighted by atomic mass is 9.71. The van der Waals surface area contributed by atoms with Crippen LogP contribution in [0.25, 0.3) is 0 Å². The van der Waals surface area contributed by atoms with E-state index in [1.165, 1.54) is 25.7 Å². The second-order valence-electron chi connectivity index (χ2n) is 8.15. The normalized spacial score (nSPS) is 26.7. The third-order valence-electron chi connectivity index (χ3n) is 4.77. The zero-order chi connectivity index (χ0) is 14.0. The maximum Gasteiger partial charge on any atom is 0.00926 e. The fraction of sp³-hybridized carbons (Fsp3) is 1.00. The van der Waals surface area contributed by atoms with E-state index in [1.807, 2.05) is 0 Å². The number of hydrogen-bond donors (Lipinski definition) is 1. The molecule has 0 aromatic rings. The quantitative estimate of drug-likeness (QED) is 0.832. The van der Waals surface area contributed by atoms with E-state index in [0.717, 1.165) is 25.0 Å². The first kappa shape index (κ1) is 16.0. The molecular weight excluding hydrogens is 220 g/mol. The van der Waals surface area contributed by atoms with Crippen molar-refractivity contribution in [2.75, 3.05) is 20.1 Å². The topological polar surface area (TPSA) is 29.3 Å². The summed E-state index contributed by atoms with van der Waals surface area (Å²) >= 11 is 0. The van der Waals surface area contributed by atoms with E-state index in [2.05, 4.69) is 46.6 Å². The minimum atomic E-state index is 0.246. The Labute approximate surface area is 114 Å². The Bertz CT molecular complexity index is 244. The lowest BCUT2D eigenvalue weighted by molar-refractivity contribution is 0.0889. The van der Waals surface area contributed by atoms with Gasteiger partial charge < -0.3 is 10.6 Å². The van der Waals surface area contributed by atoms with Crippen molar-refractivity contribution in [2.45, 2.75) is 66.3 Å². The van der Waals surface area contributed by atoms with Crippen LogP contribution in [0, 0.1) is 16.7 Å². The van der Waals surface area contributed by atoms with Crippen LogP contribution >= 0.6 is 0 Å². The molecule has 0 bridgehead atoms. The fourth-order valence-corrected chi connectivity index (χ4v) is 3.25. The van der Waals surface area contributed by atoms with Crippen molar-refractivity contribution in [2.24, 2.45) is 22.5 Å². The lowest BCUT2D eigenvalue weighted by Crippen LogP contribution is -2.44. The predicted octanol–water partition coefficient (Wildman–Crippen LogP) is 3.51. The molecule has 0 aromatic carbocycles. The van der Waals surface area contributed by atoms with Gasteiger partial charge in [-0.25, -0.2) is 0 Å². The summed E-state index contributed by atoms with van der Waals surface area (Å²) in [5, 5.41) is 0. The summed E-state index contributed by atoms with van der Waals surface area (Å²) in [6.07, 6.45) is 5.50. The van der Waals surface area contributed by atoms with Gasteiger partial charge in [0.05, 0.1) is 0 Å². The van der Waals surface area contributed by atoms with Gasteiger partial charge in [0.2, 0.25) is 0 Å². The van der Waals surface area contributed by atoms with Gasteiger partial charge in [0.1, 0.15) is 0 Å². The highest BCUT2D eigenvalue weighted by molar-refractivity contribution is 4.85. The van der Waals surface area contributed by atoms with E-state index in [-0.39, 0.29) is 5.41 Å². The van der Waals surface area contributed by atoms with Gasteiger partial charge in [-0.3, -0.25) is 0 Å². The molecule has 2 nitrogen and oxygen atoms in total. The molecule has 0 heterocycles. The van der Waals surface area contributed by atoms with Crippen molar-refractivity contribution in [1.29, 1.82) is 0 Å². The van der Waals surface area contributed by atoms with Crippen LogP contribution in [-0.4, -0.2) is 31.1 Å². The third-order valence-corrected chi connectivity index (χ3v) is 4.77. The highest BCUT2D eigenvalue weighted by atomic mass is 15.1. The van der Waals surface area contributed by atoms with Gasteiger partial charge in [0.25, 0.3) is 0 Å². The zero-order valence-electron chi connectivity index (χ0n) is 13.4. The predicted molar refractivity (Wildman–Crippen MR) is 80.7 cm³/mol. The maximum absolute atomic E-state index is 5.84. The van der Waals surface area contributed by atoms with Crippen LogP contribution < -0.4 is 5.73 Å². The van der Waals surface area contributed by atoms with Crippen molar-refractivity contribution in [1.82, 2.24) is 4.90 Å². The summed E-state index contributed by atoms with van der Waals surface area (Å²) in [6.45, 7) is 13.6. The molecule has 0 radical (unpaired) electrons. The molecule has 2 N–H and O–H groups in total. The van der Waals surface area contributed by atoms with Crippen molar-refractivity contribution < 1.29 is 0 Å². The Hall–Kier alpha value is -0.0800. The molecule has 1 rings (SSSR count). The zero-order valence-corrected chi connectivity index (χ0v) is 13.4. The van der Waals surface area contributed by atoms with Crippen LogP contribution in [0.5, 0.6) is 0 Å². The second-order valence-corrected chi connectivity index (χ2v) is 8.15. The Balaban J connectivity index is 2.43. The molecule has 0 spiro atoms. The average molecular weight is 254 g/mol. The number of nitrogens with zero attached hydrogens (tertiary/aromatic N) is 1. The van der Waals surface area contributed by atoms with E-state index in [1.54, 1.807) is 0 Å². The molecule has 0 atom stereocenters. The molecule has 0 amide bonds. The smallest absolute Gasteiger partial charge is 0.00926 e. The second kappa shape index (κ2) is 5.92. The number of rotatable bonds is 4. The highest BCUT2D eigenvalue weighted by Gasteiger charge is 2.32. The number of nitrogens with two attached hydrogens (primary N) is 1. The molecule has 0 aliphatic heterocycles. The number of hydrogen-bond acceptors (Lipinski definition) is 2. The van der Waals surface area contributed by atoms with Crippen LogP contribution in [0.2, 0.25) is 0 Å². The largest absolute Gasteiger partial charge is 0.330 e. The Morgan fingerprint density at radius 1 is 1.00 bits per heavy atom. The molecular formula is C16H34N2. The molecule has 0 saturated heterocycles. The summed E-state index contributed by atoms with van der Waals surface area (Å²) in [5.41, 5.74) is 6.57. The monoisotopic (exact) mass is 254 g/mol. The Morgan fingerprint density at radius 3 is 1.89 bits per heavy atom. The van der Waals surface area contributed by atoms with Gasteiger partial charge in [-0.15, -0.1) is 0 Å². The van der Waals surface area contributed by atoms with Crippen LogP contribution in [0.15, 0.2) is 0 Å². The SMILES string of the molecule is CN(CC(C)(C)CN)C1CCC(C(C)(C)C)CC1. The minimum absolute atomic E-state index is 0.246. The van der Waals surface area contributed by atoms with Crippen LogP contribution in [-0.2, 0) is 0 Å². The van der Waals surface area contributed by atoms with Crippen molar-refractivity contribution in [3.8, 4) is 0 Å². The van der Waals surface area contributed by atoms with E-state index < -0.39 is 0 Å². The third kappa shape index (κ3) is 4.55. The molecule has 0 aromatic heterocycles. The van der Waals surface area contributed by atoms with E-state index >= 15 is 0 Å². The van der Waals surface area contributed by atoms with Gasteiger partial charge in [-0.1, -0.05) is 34.6 Å². The highest BCUT2D eigenvalue weighted by Crippen LogP contribution is 2.39. The van der Waals surface area contributed by atoms with Gasteiger partial charge in [0, 0.05) is 12.6 Å². The first-order valence-electron chi connectivity index (χ1n) is 7.56. The van der Waals surface area contributed by atoms with Crippen LogP contribution in [0.3, 0.4) is 0 Å². The molecule has 18 heavy (non-hydrogen) atoms. The lowest BCUT2D eigenvalue weighted by Gasteiger charge is -2.41.